The van der Waals surface area contributed by atoms with Crippen LogP contribution in [0.4, 0.5) is 8.78 Å². The van der Waals surface area contributed by atoms with Gasteiger partial charge in [0.1, 0.15) is 0 Å². The number of carbonyl (C=O) groups is 2. The third kappa shape index (κ3) is 3.51. The van der Waals surface area contributed by atoms with Gasteiger partial charge in [-0.15, -0.1) is 0 Å². The lowest BCUT2D eigenvalue weighted by molar-refractivity contribution is -0.137. The van der Waals surface area contributed by atoms with E-state index in [-0.39, 0.29) is 5.56 Å². The van der Waals surface area contributed by atoms with Crippen LogP contribution in [0.3, 0.4) is 0 Å². The van der Waals surface area contributed by atoms with E-state index >= 15 is 0 Å². The summed E-state index contributed by atoms with van der Waals surface area (Å²) in [6.07, 6.45) is -0.514. The van der Waals surface area contributed by atoms with E-state index in [0.717, 1.165) is 6.07 Å². The summed E-state index contributed by atoms with van der Waals surface area (Å²) in [5.41, 5.74) is -0.178. The van der Waals surface area contributed by atoms with Crippen LogP contribution in [0.5, 0.6) is 0 Å². The molecule has 0 bridgehead atoms. The molecule has 0 saturated carbocycles. The minimum Gasteiger partial charge on any atom is -0.481 e. The Morgan fingerprint density at radius 2 is 2.06 bits per heavy atom. The summed E-state index contributed by atoms with van der Waals surface area (Å²) in [4.78, 5) is 21.5. The zero-order valence-electron chi connectivity index (χ0n) is 9.04. The first-order valence-electron chi connectivity index (χ1n) is 4.84. The maximum absolute atomic E-state index is 13.4. The van der Waals surface area contributed by atoms with Crippen molar-refractivity contribution in [3.63, 3.8) is 0 Å². The van der Waals surface area contributed by atoms with E-state index < -0.39 is 36.0 Å². The van der Waals surface area contributed by atoms with Crippen molar-refractivity contribution in [3.8, 4) is 0 Å². The normalized spacial score (nSPS) is 11.9. The molecule has 0 aliphatic heterocycles. The van der Waals surface area contributed by atoms with Crippen molar-refractivity contribution in [2.75, 3.05) is 0 Å². The maximum Gasteiger partial charge on any atom is 0.305 e. The molecule has 1 aromatic carbocycles. The van der Waals surface area contributed by atoms with Crippen LogP contribution in [0.25, 0.3) is 0 Å². The van der Waals surface area contributed by atoms with Crippen molar-refractivity contribution in [2.45, 2.75) is 19.4 Å². The minimum absolute atomic E-state index is 0.178. The Kier molecular flexibility index (Phi) is 4.14. The predicted octanol–water partition coefficient (Wildman–Crippen LogP) is 1.62. The zero-order chi connectivity index (χ0) is 13.0. The largest absolute Gasteiger partial charge is 0.481 e. The standard InChI is InChI=1S/C11H11F2NO3/c1-6(15)14-9(5-10(16)17)7-3-2-4-8(12)11(7)13/h2-4,9H,5H2,1H3,(H,14,15)(H,16,17)/t9-/m1/s1. The molecular formula is C11H11F2NO3. The Hall–Kier alpha value is -1.98. The highest BCUT2D eigenvalue weighted by atomic mass is 19.2. The van der Waals surface area contributed by atoms with Crippen molar-refractivity contribution in [1.29, 1.82) is 0 Å². The van der Waals surface area contributed by atoms with Gasteiger partial charge in [0.15, 0.2) is 11.6 Å². The van der Waals surface area contributed by atoms with E-state index in [9.17, 15) is 18.4 Å². The summed E-state index contributed by atoms with van der Waals surface area (Å²) in [5.74, 6) is -3.96. The van der Waals surface area contributed by atoms with Crippen LogP contribution in [0.1, 0.15) is 24.9 Å². The Balaban J connectivity index is 3.07. The first kappa shape index (κ1) is 13.1. The molecule has 6 heteroatoms. The average molecular weight is 243 g/mol. The summed E-state index contributed by atoms with van der Waals surface area (Å²) in [7, 11) is 0. The van der Waals surface area contributed by atoms with Crippen molar-refractivity contribution >= 4 is 11.9 Å². The molecule has 4 nitrogen and oxygen atoms in total. The number of hydrogen-bond acceptors (Lipinski definition) is 2. The van der Waals surface area contributed by atoms with E-state index in [2.05, 4.69) is 5.32 Å². The Morgan fingerprint density at radius 3 is 2.59 bits per heavy atom. The fourth-order valence-corrected chi connectivity index (χ4v) is 1.45. The molecule has 0 spiro atoms. The van der Waals surface area contributed by atoms with Gasteiger partial charge in [-0.05, 0) is 6.07 Å². The highest BCUT2D eigenvalue weighted by Crippen LogP contribution is 2.22. The number of benzene rings is 1. The van der Waals surface area contributed by atoms with Gasteiger partial charge in [-0.2, -0.15) is 0 Å². The number of aliphatic carboxylic acids is 1. The van der Waals surface area contributed by atoms with Gasteiger partial charge in [-0.1, -0.05) is 12.1 Å². The molecule has 1 rings (SSSR count). The lowest BCUT2D eigenvalue weighted by Crippen LogP contribution is -2.28. The number of rotatable bonds is 4. The molecule has 1 amide bonds. The van der Waals surface area contributed by atoms with Gasteiger partial charge in [0, 0.05) is 12.5 Å². The zero-order valence-corrected chi connectivity index (χ0v) is 9.04. The smallest absolute Gasteiger partial charge is 0.305 e. The van der Waals surface area contributed by atoms with E-state index in [0.29, 0.717) is 0 Å². The summed E-state index contributed by atoms with van der Waals surface area (Å²) in [5, 5.41) is 10.9. The van der Waals surface area contributed by atoms with Crippen molar-refractivity contribution in [3.05, 3.63) is 35.4 Å². The van der Waals surface area contributed by atoms with Gasteiger partial charge in [-0.3, -0.25) is 9.59 Å². The fourth-order valence-electron chi connectivity index (χ4n) is 1.45. The highest BCUT2D eigenvalue weighted by molar-refractivity contribution is 5.75. The number of nitrogens with one attached hydrogen (secondary N) is 1. The Labute approximate surface area is 96.3 Å². The van der Waals surface area contributed by atoms with Gasteiger partial charge < -0.3 is 10.4 Å². The van der Waals surface area contributed by atoms with Gasteiger partial charge in [0.2, 0.25) is 5.91 Å². The Bertz CT molecular complexity index is 432. The molecule has 0 radical (unpaired) electrons. The SMILES string of the molecule is CC(=O)N[C@H](CC(=O)O)c1cccc(F)c1F. The van der Waals surface area contributed by atoms with Gasteiger partial charge in [0.05, 0.1) is 12.5 Å². The summed E-state index contributed by atoms with van der Waals surface area (Å²) >= 11 is 0. The topological polar surface area (TPSA) is 66.4 Å². The average Bonchev–Trinajstić information content (AvgIpc) is 2.19. The molecule has 0 heterocycles. The van der Waals surface area contributed by atoms with Crippen LogP contribution in [-0.4, -0.2) is 17.0 Å². The van der Waals surface area contributed by atoms with Crippen molar-refractivity contribution < 1.29 is 23.5 Å². The highest BCUT2D eigenvalue weighted by Gasteiger charge is 2.21. The quantitative estimate of drug-likeness (QED) is 0.844. The number of amides is 1. The van der Waals surface area contributed by atoms with Crippen molar-refractivity contribution in [2.24, 2.45) is 0 Å². The predicted molar refractivity (Wildman–Crippen MR) is 55.2 cm³/mol. The molecule has 1 atom stereocenters. The van der Waals surface area contributed by atoms with E-state index in [1.807, 2.05) is 0 Å². The molecule has 0 unspecified atom stereocenters. The summed E-state index contributed by atoms with van der Waals surface area (Å²) in [6.45, 7) is 1.17. The van der Waals surface area contributed by atoms with Gasteiger partial charge in [-0.25, -0.2) is 8.78 Å². The molecule has 92 valence electrons. The van der Waals surface area contributed by atoms with E-state index in [1.54, 1.807) is 0 Å². The third-order valence-corrected chi connectivity index (χ3v) is 2.11. The molecular weight excluding hydrogens is 232 g/mol. The number of carboxylic acid groups (broad SMARTS) is 1. The van der Waals surface area contributed by atoms with Crippen LogP contribution in [0, 0.1) is 11.6 Å². The van der Waals surface area contributed by atoms with Crippen LogP contribution >= 0.6 is 0 Å². The number of carboxylic acids is 1. The third-order valence-electron chi connectivity index (χ3n) is 2.11. The second kappa shape index (κ2) is 5.38. The lowest BCUT2D eigenvalue weighted by atomic mass is 10.0. The number of hydrogen-bond donors (Lipinski definition) is 2. The molecule has 0 fully saturated rings. The lowest BCUT2D eigenvalue weighted by Gasteiger charge is -2.17. The van der Waals surface area contributed by atoms with E-state index in [1.165, 1.54) is 19.1 Å². The number of carbonyl (C=O) groups excluding carboxylic acids is 1. The Morgan fingerprint density at radius 1 is 1.41 bits per heavy atom. The van der Waals surface area contributed by atoms with Gasteiger partial charge in [0.25, 0.3) is 0 Å². The molecule has 0 aromatic heterocycles. The molecule has 0 saturated heterocycles. The first-order valence-corrected chi connectivity index (χ1v) is 4.84. The summed E-state index contributed by atoms with van der Waals surface area (Å²) in [6, 6.07) is 2.33. The first-order chi connectivity index (χ1) is 7.91. The monoisotopic (exact) mass is 243 g/mol. The molecule has 17 heavy (non-hydrogen) atoms. The molecule has 0 aliphatic rings. The molecule has 2 N–H and O–H groups in total. The maximum atomic E-state index is 13.4. The minimum atomic E-state index is -1.22. The fraction of sp³-hybridized carbons (Fsp3) is 0.273. The van der Waals surface area contributed by atoms with Crippen LogP contribution < -0.4 is 5.32 Å². The van der Waals surface area contributed by atoms with Crippen LogP contribution in [0.2, 0.25) is 0 Å². The second-order valence-electron chi connectivity index (χ2n) is 3.49. The van der Waals surface area contributed by atoms with Crippen LogP contribution in [0.15, 0.2) is 18.2 Å². The van der Waals surface area contributed by atoms with Crippen molar-refractivity contribution in [1.82, 2.24) is 5.32 Å². The summed E-state index contributed by atoms with van der Waals surface area (Å²) < 4.78 is 26.4. The molecule has 1 aromatic rings. The van der Waals surface area contributed by atoms with Gasteiger partial charge >= 0.3 is 5.97 Å². The van der Waals surface area contributed by atoms with Crippen LogP contribution in [-0.2, 0) is 9.59 Å². The molecule has 0 aliphatic carbocycles. The second-order valence-corrected chi connectivity index (χ2v) is 3.49. The number of halogens is 2. The van der Waals surface area contributed by atoms with E-state index in [4.69, 9.17) is 5.11 Å².